The van der Waals surface area contributed by atoms with E-state index >= 15 is 0 Å². The molecule has 5 heteroatoms. The molecule has 2 heterocycles. The standard InChI is InChI=1S/C16H22N2O3/c1-12-9-14(3-4-15(19)20)10-17-16(12)18(2)11-13-5-7-21-8-6-13/h3-4,9-10,13H,5-8,11H2,1-2H3,(H,19,20)/b4-3+. The van der Waals surface area contributed by atoms with Gasteiger partial charge in [0.25, 0.3) is 0 Å². The molecule has 1 aromatic heterocycles. The maximum absolute atomic E-state index is 10.5. The lowest BCUT2D eigenvalue weighted by molar-refractivity contribution is -0.131. The molecule has 1 aliphatic heterocycles. The van der Waals surface area contributed by atoms with Crippen LogP contribution in [0, 0.1) is 12.8 Å². The summed E-state index contributed by atoms with van der Waals surface area (Å²) in [5.74, 6) is 0.652. The highest BCUT2D eigenvalue weighted by atomic mass is 16.5. The first-order valence-electron chi connectivity index (χ1n) is 7.23. The van der Waals surface area contributed by atoms with Crippen molar-refractivity contribution in [2.75, 3.05) is 31.7 Å². The highest BCUT2D eigenvalue weighted by Gasteiger charge is 2.17. The molecule has 0 saturated carbocycles. The van der Waals surface area contributed by atoms with Gasteiger partial charge in [-0.05, 0) is 49.0 Å². The van der Waals surface area contributed by atoms with Crippen LogP contribution in [0.15, 0.2) is 18.3 Å². The van der Waals surface area contributed by atoms with Crippen molar-refractivity contribution < 1.29 is 14.6 Å². The number of anilines is 1. The van der Waals surface area contributed by atoms with Gasteiger partial charge in [-0.1, -0.05) is 0 Å². The number of carboxylic acid groups (broad SMARTS) is 1. The van der Waals surface area contributed by atoms with Crippen LogP contribution in [0.2, 0.25) is 0 Å². The third-order valence-electron chi connectivity index (χ3n) is 3.72. The zero-order valence-electron chi connectivity index (χ0n) is 12.6. The Bertz CT molecular complexity index is 522. The highest BCUT2D eigenvalue weighted by molar-refractivity contribution is 5.85. The third-order valence-corrected chi connectivity index (χ3v) is 3.72. The minimum Gasteiger partial charge on any atom is -0.478 e. The van der Waals surface area contributed by atoms with E-state index < -0.39 is 5.97 Å². The molecule has 1 aromatic rings. The number of rotatable bonds is 5. The fourth-order valence-corrected chi connectivity index (χ4v) is 2.65. The molecule has 0 amide bonds. The molecule has 1 saturated heterocycles. The minimum absolute atomic E-state index is 0.650. The number of aryl methyl sites for hydroxylation is 1. The summed E-state index contributed by atoms with van der Waals surface area (Å²) in [6, 6.07) is 1.96. The van der Waals surface area contributed by atoms with Crippen LogP contribution >= 0.6 is 0 Å². The second-order valence-electron chi connectivity index (χ2n) is 5.52. The number of aliphatic carboxylic acids is 1. The summed E-state index contributed by atoms with van der Waals surface area (Å²) >= 11 is 0. The SMILES string of the molecule is Cc1cc(/C=C/C(=O)O)cnc1N(C)CC1CCOCC1. The average Bonchev–Trinajstić information content (AvgIpc) is 2.46. The van der Waals surface area contributed by atoms with Crippen LogP contribution in [0.5, 0.6) is 0 Å². The number of hydrogen-bond acceptors (Lipinski definition) is 4. The lowest BCUT2D eigenvalue weighted by Gasteiger charge is -2.28. The molecule has 21 heavy (non-hydrogen) atoms. The zero-order valence-corrected chi connectivity index (χ0v) is 12.6. The van der Waals surface area contributed by atoms with Gasteiger partial charge in [0.05, 0.1) is 0 Å². The number of aromatic nitrogens is 1. The Morgan fingerprint density at radius 3 is 2.86 bits per heavy atom. The summed E-state index contributed by atoms with van der Waals surface area (Å²) in [6.45, 7) is 4.68. The summed E-state index contributed by atoms with van der Waals surface area (Å²) in [6.07, 6.45) is 6.60. The van der Waals surface area contributed by atoms with Crippen molar-refractivity contribution in [3.05, 3.63) is 29.5 Å². The Balaban J connectivity index is 2.03. The van der Waals surface area contributed by atoms with E-state index in [1.807, 2.05) is 13.0 Å². The van der Waals surface area contributed by atoms with Crippen LogP contribution < -0.4 is 4.90 Å². The monoisotopic (exact) mass is 290 g/mol. The summed E-state index contributed by atoms with van der Waals surface area (Å²) in [4.78, 5) is 17.2. The van der Waals surface area contributed by atoms with Crippen LogP contribution in [0.1, 0.15) is 24.0 Å². The molecular weight excluding hydrogens is 268 g/mol. The maximum atomic E-state index is 10.5. The summed E-state index contributed by atoms with van der Waals surface area (Å²) < 4.78 is 5.38. The molecule has 0 atom stereocenters. The molecule has 0 aliphatic carbocycles. The first-order chi connectivity index (χ1) is 10.1. The molecule has 0 unspecified atom stereocenters. The lowest BCUT2D eigenvalue weighted by Crippen LogP contribution is -2.30. The van der Waals surface area contributed by atoms with Crippen LogP contribution in [0.25, 0.3) is 6.08 Å². The largest absolute Gasteiger partial charge is 0.478 e. The second kappa shape index (κ2) is 7.22. The van der Waals surface area contributed by atoms with Gasteiger partial charge in [-0.3, -0.25) is 0 Å². The van der Waals surface area contributed by atoms with Gasteiger partial charge < -0.3 is 14.7 Å². The molecule has 5 nitrogen and oxygen atoms in total. The van der Waals surface area contributed by atoms with Crippen molar-refractivity contribution in [3.8, 4) is 0 Å². The molecule has 0 radical (unpaired) electrons. The van der Waals surface area contributed by atoms with E-state index in [0.29, 0.717) is 5.92 Å². The molecule has 1 fully saturated rings. The zero-order chi connectivity index (χ0) is 15.2. The second-order valence-corrected chi connectivity index (χ2v) is 5.52. The van der Waals surface area contributed by atoms with Crippen molar-refractivity contribution in [2.45, 2.75) is 19.8 Å². The number of hydrogen-bond donors (Lipinski definition) is 1. The highest BCUT2D eigenvalue weighted by Crippen LogP contribution is 2.22. The van der Waals surface area contributed by atoms with E-state index in [1.54, 1.807) is 12.3 Å². The number of pyridine rings is 1. The van der Waals surface area contributed by atoms with Crippen LogP contribution in [0.3, 0.4) is 0 Å². The van der Waals surface area contributed by atoms with Crippen LogP contribution in [-0.2, 0) is 9.53 Å². The molecular formula is C16H22N2O3. The molecule has 0 spiro atoms. The van der Waals surface area contributed by atoms with Gasteiger partial charge >= 0.3 is 5.97 Å². The predicted molar refractivity (Wildman–Crippen MR) is 82.5 cm³/mol. The van der Waals surface area contributed by atoms with Crippen LogP contribution in [-0.4, -0.2) is 42.9 Å². The fraction of sp³-hybridized carbons (Fsp3) is 0.500. The Morgan fingerprint density at radius 1 is 1.52 bits per heavy atom. The molecule has 1 aliphatic rings. The number of nitrogens with zero attached hydrogens (tertiary/aromatic N) is 2. The summed E-state index contributed by atoms with van der Waals surface area (Å²) in [5.41, 5.74) is 1.86. The van der Waals surface area contributed by atoms with Crippen LogP contribution in [0.4, 0.5) is 5.82 Å². The quantitative estimate of drug-likeness (QED) is 0.843. The molecule has 0 bridgehead atoms. The Kier molecular flexibility index (Phi) is 5.33. The van der Waals surface area contributed by atoms with E-state index in [9.17, 15) is 4.79 Å². The Morgan fingerprint density at radius 2 is 2.24 bits per heavy atom. The number of carbonyl (C=O) groups is 1. The Labute approximate surface area is 125 Å². The van der Waals surface area contributed by atoms with Gasteiger partial charge in [-0.2, -0.15) is 0 Å². The minimum atomic E-state index is -0.951. The number of ether oxygens (including phenoxy) is 1. The molecule has 1 N–H and O–H groups in total. The topological polar surface area (TPSA) is 62.7 Å². The summed E-state index contributed by atoms with van der Waals surface area (Å²) in [5, 5.41) is 8.64. The van der Waals surface area contributed by atoms with Gasteiger partial charge in [-0.15, -0.1) is 0 Å². The predicted octanol–water partition coefficient (Wildman–Crippen LogP) is 2.35. The van der Waals surface area contributed by atoms with Crippen molar-refractivity contribution >= 4 is 17.9 Å². The molecule has 114 valence electrons. The van der Waals surface area contributed by atoms with Crippen molar-refractivity contribution in [3.63, 3.8) is 0 Å². The third kappa shape index (κ3) is 4.56. The maximum Gasteiger partial charge on any atom is 0.328 e. The van der Waals surface area contributed by atoms with E-state index in [4.69, 9.17) is 9.84 Å². The van der Waals surface area contributed by atoms with Gasteiger partial charge in [0.15, 0.2) is 0 Å². The average molecular weight is 290 g/mol. The van der Waals surface area contributed by atoms with E-state index in [-0.39, 0.29) is 0 Å². The van der Waals surface area contributed by atoms with Gasteiger partial charge in [0.1, 0.15) is 5.82 Å². The van der Waals surface area contributed by atoms with Gasteiger partial charge in [0.2, 0.25) is 0 Å². The van der Waals surface area contributed by atoms with Crippen molar-refractivity contribution in [1.82, 2.24) is 4.98 Å². The number of carboxylic acids is 1. The Hall–Kier alpha value is -1.88. The first kappa shape index (κ1) is 15.5. The lowest BCUT2D eigenvalue weighted by atomic mass is 10.00. The molecule has 2 rings (SSSR count). The van der Waals surface area contributed by atoms with E-state index in [2.05, 4.69) is 16.9 Å². The van der Waals surface area contributed by atoms with Gasteiger partial charge in [-0.25, -0.2) is 9.78 Å². The molecule has 0 aromatic carbocycles. The summed E-state index contributed by atoms with van der Waals surface area (Å²) in [7, 11) is 2.05. The fourth-order valence-electron chi connectivity index (χ4n) is 2.65. The first-order valence-corrected chi connectivity index (χ1v) is 7.23. The van der Waals surface area contributed by atoms with Crippen molar-refractivity contribution in [1.29, 1.82) is 0 Å². The smallest absolute Gasteiger partial charge is 0.328 e. The van der Waals surface area contributed by atoms with E-state index in [1.165, 1.54) is 0 Å². The van der Waals surface area contributed by atoms with Gasteiger partial charge in [0, 0.05) is 39.1 Å². The van der Waals surface area contributed by atoms with Crippen molar-refractivity contribution in [2.24, 2.45) is 5.92 Å². The normalized spacial score (nSPS) is 16.3. The van der Waals surface area contributed by atoms with E-state index in [0.717, 1.165) is 55.6 Å².